The van der Waals surface area contributed by atoms with E-state index in [9.17, 15) is 0 Å². The van der Waals surface area contributed by atoms with Gasteiger partial charge in [-0.15, -0.1) is 0 Å². The molecule has 3 heterocycles. The molecule has 1 unspecified atom stereocenters. The van der Waals surface area contributed by atoms with E-state index in [0.29, 0.717) is 11.5 Å². The molecular weight excluding hydrogens is 242 g/mol. The monoisotopic (exact) mass is 255 g/mol. The third-order valence-electron chi connectivity index (χ3n) is 2.86. The Morgan fingerprint density at radius 1 is 1.26 bits per heavy atom. The minimum atomic E-state index is 0.0730. The van der Waals surface area contributed by atoms with E-state index >= 15 is 0 Å². The summed E-state index contributed by atoms with van der Waals surface area (Å²) in [5.74, 6) is 0.841. The van der Waals surface area contributed by atoms with Gasteiger partial charge in [-0.05, 0) is 24.6 Å². The van der Waals surface area contributed by atoms with Gasteiger partial charge >= 0.3 is 0 Å². The van der Waals surface area contributed by atoms with Crippen LogP contribution in [0.3, 0.4) is 0 Å². The molecule has 0 aromatic carbocycles. The molecular formula is C12H13N7. The van der Waals surface area contributed by atoms with Crippen LogP contribution in [0.5, 0.6) is 0 Å². The van der Waals surface area contributed by atoms with Gasteiger partial charge in [0.25, 0.3) is 0 Å². The molecule has 0 aliphatic rings. The van der Waals surface area contributed by atoms with Crippen LogP contribution in [0.15, 0.2) is 30.9 Å². The second-order valence-electron chi connectivity index (χ2n) is 4.18. The Labute approximate surface area is 109 Å². The molecule has 7 nitrogen and oxygen atoms in total. The largest absolute Gasteiger partial charge is 0.368 e. The molecule has 0 fully saturated rings. The van der Waals surface area contributed by atoms with Gasteiger partial charge in [0.05, 0.1) is 12.4 Å². The van der Waals surface area contributed by atoms with Gasteiger partial charge in [-0.25, -0.2) is 4.98 Å². The Hall–Kier alpha value is -2.70. The molecule has 0 saturated carbocycles. The number of hydrogen-bond donors (Lipinski definition) is 3. The van der Waals surface area contributed by atoms with E-state index in [-0.39, 0.29) is 12.0 Å². The van der Waals surface area contributed by atoms with E-state index < -0.39 is 0 Å². The maximum Gasteiger partial charge on any atom is 0.224 e. The molecule has 0 amide bonds. The predicted molar refractivity (Wildman–Crippen MR) is 72.4 cm³/mol. The summed E-state index contributed by atoms with van der Waals surface area (Å²) in [6.07, 6.45) is 5.09. The van der Waals surface area contributed by atoms with Crippen molar-refractivity contribution in [2.75, 3.05) is 11.1 Å². The number of nitrogens with two attached hydrogens (primary N) is 1. The van der Waals surface area contributed by atoms with Gasteiger partial charge in [0.15, 0.2) is 11.5 Å². The van der Waals surface area contributed by atoms with Crippen LogP contribution in [0.2, 0.25) is 0 Å². The van der Waals surface area contributed by atoms with E-state index in [1.54, 1.807) is 18.7 Å². The Kier molecular flexibility index (Phi) is 2.71. The molecule has 0 aliphatic heterocycles. The van der Waals surface area contributed by atoms with Crippen molar-refractivity contribution in [3.05, 3.63) is 36.4 Å². The van der Waals surface area contributed by atoms with Crippen LogP contribution in [-0.2, 0) is 0 Å². The lowest BCUT2D eigenvalue weighted by Gasteiger charge is -2.15. The summed E-state index contributed by atoms with van der Waals surface area (Å²) in [5.41, 5.74) is 8.08. The summed E-state index contributed by atoms with van der Waals surface area (Å²) >= 11 is 0. The van der Waals surface area contributed by atoms with Crippen molar-refractivity contribution in [3.63, 3.8) is 0 Å². The topological polar surface area (TPSA) is 105 Å². The highest BCUT2D eigenvalue weighted by molar-refractivity contribution is 5.83. The normalized spacial score (nSPS) is 12.5. The fourth-order valence-electron chi connectivity index (χ4n) is 1.90. The van der Waals surface area contributed by atoms with Crippen molar-refractivity contribution in [2.45, 2.75) is 13.0 Å². The number of aromatic nitrogens is 5. The molecule has 19 heavy (non-hydrogen) atoms. The number of H-pyrrole nitrogens is 1. The van der Waals surface area contributed by atoms with Crippen LogP contribution in [0, 0.1) is 0 Å². The average molecular weight is 255 g/mol. The van der Waals surface area contributed by atoms with Crippen LogP contribution in [0.1, 0.15) is 18.5 Å². The molecule has 0 spiro atoms. The first-order valence-corrected chi connectivity index (χ1v) is 5.87. The Morgan fingerprint density at radius 3 is 2.84 bits per heavy atom. The second kappa shape index (κ2) is 4.52. The van der Waals surface area contributed by atoms with Crippen molar-refractivity contribution in [2.24, 2.45) is 0 Å². The number of pyridine rings is 1. The van der Waals surface area contributed by atoms with Crippen LogP contribution in [-0.4, -0.2) is 24.9 Å². The average Bonchev–Trinajstić information content (AvgIpc) is 2.88. The Morgan fingerprint density at radius 2 is 2.05 bits per heavy atom. The van der Waals surface area contributed by atoms with Crippen LogP contribution < -0.4 is 11.1 Å². The summed E-state index contributed by atoms with van der Waals surface area (Å²) < 4.78 is 0. The van der Waals surface area contributed by atoms with Gasteiger partial charge in [-0.1, -0.05) is 0 Å². The highest BCUT2D eigenvalue weighted by Gasteiger charge is 2.12. The smallest absolute Gasteiger partial charge is 0.224 e. The quantitative estimate of drug-likeness (QED) is 0.655. The van der Waals surface area contributed by atoms with Gasteiger partial charge in [-0.3, -0.25) is 4.98 Å². The summed E-state index contributed by atoms with van der Waals surface area (Å²) in [5, 5.41) is 3.30. The van der Waals surface area contributed by atoms with Crippen LogP contribution >= 0.6 is 0 Å². The number of rotatable bonds is 3. The number of nitrogen functional groups attached to an aromatic ring is 1. The first-order valence-electron chi connectivity index (χ1n) is 5.87. The molecule has 7 heteroatoms. The predicted octanol–water partition coefficient (Wildman–Crippen LogP) is 1.50. The van der Waals surface area contributed by atoms with E-state index in [0.717, 1.165) is 11.1 Å². The molecule has 3 rings (SSSR count). The van der Waals surface area contributed by atoms with Gasteiger partial charge in [0.1, 0.15) is 5.52 Å². The number of anilines is 2. The number of fused-ring (bicyclic) bond motifs is 1. The van der Waals surface area contributed by atoms with Crippen molar-refractivity contribution in [1.29, 1.82) is 0 Å². The molecule has 0 bridgehead atoms. The first-order chi connectivity index (χ1) is 9.24. The lowest BCUT2D eigenvalue weighted by atomic mass is 10.1. The molecule has 1 atom stereocenters. The highest BCUT2D eigenvalue weighted by atomic mass is 15.1. The number of nitrogens with zero attached hydrogens (tertiary/aromatic N) is 4. The van der Waals surface area contributed by atoms with Gasteiger partial charge < -0.3 is 16.0 Å². The maximum atomic E-state index is 5.67. The number of aromatic amines is 1. The molecule has 96 valence electrons. The zero-order chi connectivity index (χ0) is 13.2. The SMILES string of the molecule is CC(Nc1nc(N)nc2nc[nH]c12)c1ccncc1. The van der Waals surface area contributed by atoms with E-state index in [4.69, 9.17) is 5.73 Å². The van der Waals surface area contributed by atoms with Crippen molar-refractivity contribution >= 4 is 22.9 Å². The lowest BCUT2D eigenvalue weighted by molar-refractivity contribution is 0.872. The standard InChI is InChI=1S/C12H13N7/c1-7(8-2-4-14-5-3-8)17-11-9-10(16-6-15-9)18-12(13)19-11/h2-7H,1H3,(H4,13,15,16,17,18,19). The minimum Gasteiger partial charge on any atom is -0.368 e. The van der Waals surface area contributed by atoms with Gasteiger partial charge in [0.2, 0.25) is 5.95 Å². The molecule has 3 aromatic rings. The third-order valence-corrected chi connectivity index (χ3v) is 2.86. The van der Waals surface area contributed by atoms with Crippen LogP contribution in [0.4, 0.5) is 11.8 Å². The van der Waals surface area contributed by atoms with Crippen molar-refractivity contribution < 1.29 is 0 Å². The summed E-state index contributed by atoms with van der Waals surface area (Å²) in [4.78, 5) is 19.3. The minimum absolute atomic E-state index is 0.0730. The zero-order valence-electron chi connectivity index (χ0n) is 10.3. The third kappa shape index (κ3) is 2.17. The fraction of sp³-hybridized carbons (Fsp3) is 0.167. The summed E-state index contributed by atoms with van der Waals surface area (Å²) in [7, 11) is 0. The lowest BCUT2D eigenvalue weighted by Crippen LogP contribution is -2.10. The van der Waals surface area contributed by atoms with E-state index in [2.05, 4.69) is 30.2 Å². The molecule has 0 radical (unpaired) electrons. The Balaban J connectivity index is 1.95. The number of hydrogen-bond acceptors (Lipinski definition) is 6. The maximum absolute atomic E-state index is 5.67. The first kappa shape index (κ1) is 11.4. The number of nitrogens with one attached hydrogen (secondary N) is 2. The van der Waals surface area contributed by atoms with Gasteiger partial charge in [-0.2, -0.15) is 9.97 Å². The molecule has 0 aliphatic carbocycles. The molecule has 3 aromatic heterocycles. The van der Waals surface area contributed by atoms with Crippen molar-refractivity contribution in [1.82, 2.24) is 24.9 Å². The van der Waals surface area contributed by atoms with Gasteiger partial charge in [0, 0.05) is 12.4 Å². The highest BCUT2D eigenvalue weighted by Crippen LogP contribution is 2.22. The Bertz CT molecular complexity index is 692. The summed E-state index contributed by atoms with van der Waals surface area (Å²) in [6.45, 7) is 2.04. The number of imidazole rings is 1. The fourth-order valence-corrected chi connectivity index (χ4v) is 1.90. The second-order valence-corrected chi connectivity index (χ2v) is 4.18. The van der Waals surface area contributed by atoms with E-state index in [1.165, 1.54) is 0 Å². The molecule has 4 N–H and O–H groups in total. The molecule has 0 saturated heterocycles. The summed E-state index contributed by atoms with van der Waals surface area (Å²) in [6, 6.07) is 3.97. The van der Waals surface area contributed by atoms with Crippen molar-refractivity contribution in [3.8, 4) is 0 Å². The van der Waals surface area contributed by atoms with E-state index in [1.807, 2.05) is 19.1 Å². The van der Waals surface area contributed by atoms with Crippen LogP contribution in [0.25, 0.3) is 11.2 Å². The zero-order valence-corrected chi connectivity index (χ0v) is 10.3.